The summed E-state index contributed by atoms with van der Waals surface area (Å²) in [6.45, 7) is 7.14. The zero-order valence-corrected chi connectivity index (χ0v) is 10.2. The summed E-state index contributed by atoms with van der Waals surface area (Å²) in [6, 6.07) is 4.39. The Bertz CT molecular complexity index is 286. The molecule has 1 aliphatic rings. The van der Waals surface area contributed by atoms with Gasteiger partial charge in [-0.25, -0.2) is 0 Å². The lowest BCUT2D eigenvalue weighted by Gasteiger charge is -2.37. The smallest absolute Gasteiger partial charge is 0.0181 e. The zero-order valence-electron chi connectivity index (χ0n) is 10.2. The average molecular weight is 205 g/mol. The maximum Gasteiger partial charge on any atom is 0.0181 e. The van der Waals surface area contributed by atoms with Crippen LogP contribution in [0.15, 0.2) is 18.3 Å². The van der Waals surface area contributed by atoms with Crippen molar-refractivity contribution in [3.05, 3.63) is 24.0 Å². The molecule has 1 heterocycles. The van der Waals surface area contributed by atoms with E-state index in [9.17, 15) is 0 Å². The van der Waals surface area contributed by atoms with Crippen molar-refractivity contribution in [2.45, 2.75) is 46.0 Å². The molecule has 1 fully saturated rings. The van der Waals surface area contributed by atoms with Crippen LogP contribution in [0.3, 0.4) is 0 Å². The van der Waals surface area contributed by atoms with Crippen molar-refractivity contribution in [1.29, 1.82) is 0 Å². The summed E-state index contributed by atoms with van der Waals surface area (Å²) in [4.78, 5) is 3.41. The van der Waals surface area contributed by atoms with Gasteiger partial charge in [-0.2, -0.15) is 0 Å². The van der Waals surface area contributed by atoms with Crippen molar-refractivity contribution in [2.24, 2.45) is 17.8 Å². The second-order valence-electron chi connectivity index (χ2n) is 5.56. The molecule has 1 aliphatic carbocycles. The molecule has 1 aromatic rings. The van der Waals surface area contributed by atoms with Gasteiger partial charge in [0.25, 0.3) is 0 Å². The van der Waals surface area contributed by atoms with Crippen LogP contribution in [-0.4, -0.2) is 4.98 Å². The Labute approximate surface area is 93.3 Å². The van der Waals surface area contributed by atoms with E-state index < -0.39 is 0 Å². The predicted molar refractivity (Wildman–Crippen MR) is 64.9 cm³/mol. The molecule has 84 valence electrons. The molecule has 0 aliphatic heterocycles. The van der Waals surface area contributed by atoms with Crippen molar-refractivity contribution in [1.82, 2.24) is 4.98 Å². The van der Waals surface area contributed by atoms with E-state index in [1.54, 1.807) is 0 Å². The van der Waals surface area contributed by atoms with Gasteiger partial charge in [0, 0.05) is 17.8 Å². The van der Waals surface area contributed by atoms with Crippen LogP contribution in [0.2, 0.25) is 0 Å². The van der Waals surface area contributed by atoms with E-state index in [1.165, 1.54) is 25.0 Å². The number of hydrogen-bond donors (Lipinski definition) is 1. The van der Waals surface area contributed by atoms with E-state index in [1.807, 2.05) is 0 Å². The van der Waals surface area contributed by atoms with Crippen LogP contribution in [-0.2, 0) is 0 Å². The fourth-order valence-electron chi connectivity index (χ4n) is 3.13. The normalized spacial score (nSPS) is 32.1. The van der Waals surface area contributed by atoms with Gasteiger partial charge in [0.2, 0.25) is 0 Å². The van der Waals surface area contributed by atoms with E-state index in [2.05, 4.69) is 44.1 Å². The molecule has 0 aromatic carbocycles. The first-order valence-corrected chi connectivity index (χ1v) is 6.31. The lowest BCUT2D eigenvalue weighted by atomic mass is 9.69. The van der Waals surface area contributed by atoms with Gasteiger partial charge in [0.1, 0.15) is 0 Å². The molecule has 3 atom stereocenters. The van der Waals surface area contributed by atoms with Crippen molar-refractivity contribution in [3.8, 4) is 0 Å². The Morgan fingerprint density at radius 2 is 2.13 bits per heavy atom. The molecular weight excluding hydrogens is 182 g/mol. The van der Waals surface area contributed by atoms with E-state index in [0.717, 1.165) is 23.7 Å². The number of hydrogen-bond acceptors (Lipinski definition) is 0. The highest BCUT2D eigenvalue weighted by Gasteiger charge is 2.31. The summed E-state index contributed by atoms with van der Waals surface area (Å²) in [6.07, 6.45) is 6.25. The topological polar surface area (TPSA) is 15.8 Å². The van der Waals surface area contributed by atoms with Gasteiger partial charge in [-0.3, -0.25) is 0 Å². The number of rotatable bonds is 2. The third-order valence-electron chi connectivity index (χ3n) is 4.04. The second-order valence-corrected chi connectivity index (χ2v) is 5.56. The first-order valence-electron chi connectivity index (χ1n) is 6.31. The third kappa shape index (κ3) is 2.27. The van der Waals surface area contributed by atoms with Crippen LogP contribution in [0.4, 0.5) is 0 Å². The largest absolute Gasteiger partial charge is 0.365 e. The number of H-pyrrole nitrogens is 1. The van der Waals surface area contributed by atoms with Gasteiger partial charge in [-0.1, -0.05) is 27.2 Å². The number of nitrogens with one attached hydrogen (secondary N) is 1. The maximum atomic E-state index is 3.41. The molecule has 1 aromatic heterocycles. The zero-order chi connectivity index (χ0) is 10.8. The van der Waals surface area contributed by atoms with Crippen molar-refractivity contribution in [2.75, 3.05) is 0 Å². The molecule has 1 N–H and O–H groups in total. The van der Waals surface area contributed by atoms with E-state index in [0.29, 0.717) is 0 Å². The van der Waals surface area contributed by atoms with E-state index in [4.69, 9.17) is 0 Å². The average Bonchev–Trinajstić information content (AvgIpc) is 2.69. The predicted octanol–water partition coefficient (Wildman–Crippen LogP) is 4.19. The van der Waals surface area contributed by atoms with Crippen LogP contribution in [0.5, 0.6) is 0 Å². The van der Waals surface area contributed by atoms with Crippen molar-refractivity contribution in [3.63, 3.8) is 0 Å². The summed E-state index contributed by atoms with van der Waals surface area (Å²) in [5, 5.41) is 0. The molecule has 3 unspecified atom stereocenters. The molecule has 0 radical (unpaired) electrons. The van der Waals surface area contributed by atoms with Gasteiger partial charge in [0.15, 0.2) is 0 Å². The quantitative estimate of drug-likeness (QED) is 0.745. The minimum Gasteiger partial charge on any atom is -0.365 e. The maximum absolute atomic E-state index is 3.41. The molecule has 0 bridgehead atoms. The molecule has 15 heavy (non-hydrogen) atoms. The first kappa shape index (κ1) is 10.8. The van der Waals surface area contributed by atoms with Crippen LogP contribution >= 0.6 is 0 Å². The molecule has 1 saturated carbocycles. The van der Waals surface area contributed by atoms with Crippen LogP contribution in [0, 0.1) is 17.8 Å². The van der Waals surface area contributed by atoms with Crippen molar-refractivity contribution >= 4 is 0 Å². The summed E-state index contributed by atoms with van der Waals surface area (Å²) < 4.78 is 0. The molecular formula is C14H23N. The summed E-state index contributed by atoms with van der Waals surface area (Å²) in [5.41, 5.74) is 1.46. The Kier molecular flexibility index (Phi) is 3.18. The standard InChI is InChI=1S/C14H23N/c1-10(2)12-7-6-11(3)9-13(12)14-5-4-8-15-14/h4-5,8,10-13,15H,6-7,9H2,1-3H3. The van der Waals surface area contributed by atoms with Crippen LogP contribution < -0.4 is 0 Å². The lowest BCUT2D eigenvalue weighted by molar-refractivity contribution is 0.195. The van der Waals surface area contributed by atoms with Gasteiger partial charge in [-0.15, -0.1) is 0 Å². The Morgan fingerprint density at radius 3 is 2.73 bits per heavy atom. The number of aromatic amines is 1. The molecule has 0 spiro atoms. The summed E-state index contributed by atoms with van der Waals surface area (Å²) >= 11 is 0. The fraction of sp³-hybridized carbons (Fsp3) is 0.714. The fourth-order valence-corrected chi connectivity index (χ4v) is 3.13. The highest BCUT2D eigenvalue weighted by molar-refractivity contribution is 5.12. The SMILES string of the molecule is CC1CCC(C(C)C)C(c2ccc[nH]2)C1. The second kappa shape index (κ2) is 4.42. The monoisotopic (exact) mass is 205 g/mol. The van der Waals surface area contributed by atoms with Crippen LogP contribution in [0.1, 0.15) is 51.6 Å². The highest BCUT2D eigenvalue weighted by atomic mass is 14.7. The van der Waals surface area contributed by atoms with E-state index in [-0.39, 0.29) is 0 Å². The minimum atomic E-state index is 0.767. The first-order chi connectivity index (χ1) is 7.18. The Balaban J connectivity index is 2.17. The lowest BCUT2D eigenvalue weighted by Crippen LogP contribution is -2.26. The Morgan fingerprint density at radius 1 is 1.33 bits per heavy atom. The van der Waals surface area contributed by atoms with Crippen molar-refractivity contribution < 1.29 is 0 Å². The summed E-state index contributed by atoms with van der Waals surface area (Å²) in [5.74, 6) is 3.35. The van der Waals surface area contributed by atoms with E-state index >= 15 is 0 Å². The number of aromatic nitrogens is 1. The summed E-state index contributed by atoms with van der Waals surface area (Å²) in [7, 11) is 0. The Hall–Kier alpha value is -0.720. The molecule has 0 saturated heterocycles. The van der Waals surface area contributed by atoms with Gasteiger partial charge in [0.05, 0.1) is 0 Å². The molecule has 1 nitrogen and oxygen atoms in total. The van der Waals surface area contributed by atoms with Crippen LogP contribution in [0.25, 0.3) is 0 Å². The van der Waals surface area contributed by atoms with Gasteiger partial charge < -0.3 is 4.98 Å². The molecule has 2 rings (SSSR count). The van der Waals surface area contributed by atoms with Gasteiger partial charge >= 0.3 is 0 Å². The highest BCUT2D eigenvalue weighted by Crippen LogP contribution is 2.43. The molecule has 0 amide bonds. The third-order valence-corrected chi connectivity index (χ3v) is 4.04. The molecule has 1 heteroatoms. The minimum absolute atomic E-state index is 0.767. The van der Waals surface area contributed by atoms with Gasteiger partial charge in [-0.05, 0) is 42.7 Å².